The molecule has 11 nitrogen and oxygen atoms in total. The Kier molecular flexibility index (Phi) is 7.76. The summed E-state index contributed by atoms with van der Waals surface area (Å²) >= 11 is 0. The number of rotatable bonds is 9. The predicted molar refractivity (Wildman–Crippen MR) is 157 cm³/mol. The summed E-state index contributed by atoms with van der Waals surface area (Å²) in [6, 6.07) is 16.0. The number of aromatic hydroxyl groups is 1. The lowest BCUT2D eigenvalue weighted by Crippen LogP contribution is -2.56. The van der Waals surface area contributed by atoms with Crippen molar-refractivity contribution < 1.29 is 29.0 Å². The lowest BCUT2D eigenvalue weighted by molar-refractivity contribution is -0.145. The molecule has 0 unspecified atom stereocenters. The van der Waals surface area contributed by atoms with Gasteiger partial charge in [-0.25, -0.2) is 4.79 Å². The van der Waals surface area contributed by atoms with Crippen molar-refractivity contribution in [2.24, 2.45) is 5.73 Å². The Morgan fingerprint density at radius 1 is 0.976 bits per heavy atom. The van der Waals surface area contributed by atoms with Gasteiger partial charge in [-0.2, -0.15) is 0 Å². The molecule has 1 amide bonds. The summed E-state index contributed by atoms with van der Waals surface area (Å²) in [7, 11) is 2.56. The molecule has 2 aromatic heterocycles. The van der Waals surface area contributed by atoms with E-state index in [2.05, 4.69) is 9.97 Å². The fraction of sp³-hybridized carbons (Fsp3) is 0.161. The number of nitrogens with two attached hydrogens (primary N) is 1. The maximum atomic E-state index is 14.1. The minimum Gasteiger partial charge on any atom is -0.506 e. The molecular formula is C31H28N4O7. The van der Waals surface area contributed by atoms with Crippen LogP contribution in [-0.2, 0) is 20.7 Å². The van der Waals surface area contributed by atoms with Crippen LogP contribution in [-0.4, -0.2) is 59.0 Å². The number of para-hydroxylation sites is 2. The number of ether oxygens (including phenoxy) is 2. The van der Waals surface area contributed by atoms with Crippen LogP contribution in [0.4, 0.5) is 5.69 Å². The number of anilines is 1. The number of benzene rings is 3. The zero-order chi connectivity index (χ0) is 30.0. The topological polar surface area (TPSA) is 168 Å². The lowest BCUT2D eigenvalue weighted by Gasteiger charge is -2.30. The van der Waals surface area contributed by atoms with Crippen molar-refractivity contribution in [3.63, 3.8) is 0 Å². The molecule has 2 atom stereocenters. The Morgan fingerprint density at radius 2 is 1.69 bits per heavy atom. The van der Waals surface area contributed by atoms with E-state index in [1.165, 1.54) is 37.4 Å². The summed E-state index contributed by atoms with van der Waals surface area (Å²) in [4.78, 5) is 61.0. The highest BCUT2D eigenvalue weighted by atomic mass is 16.5. The second kappa shape index (κ2) is 11.6. The fourth-order valence-corrected chi connectivity index (χ4v) is 4.93. The van der Waals surface area contributed by atoms with Gasteiger partial charge in [0.05, 0.1) is 25.8 Å². The summed E-state index contributed by atoms with van der Waals surface area (Å²) < 4.78 is 10.2. The molecule has 42 heavy (non-hydrogen) atoms. The summed E-state index contributed by atoms with van der Waals surface area (Å²) in [6.45, 7) is 0. The van der Waals surface area contributed by atoms with Gasteiger partial charge in [0.25, 0.3) is 5.91 Å². The van der Waals surface area contributed by atoms with Crippen molar-refractivity contribution in [3.8, 4) is 11.5 Å². The molecule has 0 saturated heterocycles. The van der Waals surface area contributed by atoms with E-state index in [-0.39, 0.29) is 34.5 Å². The lowest BCUT2D eigenvalue weighted by atomic mass is 9.96. The predicted octanol–water partition coefficient (Wildman–Crippen LogP) is 3.05. The number of carbonyl (C=O) groups excluding carboxylic acids is 3. The number of ketones is 1. The molecule has 0 fully saturated rings. The van der Waals surface area contributed by atoms with E-state index in [1.54, 1.807) is 18.3 Å². The summed E-state index contributed by atoms with van der Waals surface area (Å²) in [5.74, 6) is -2.49. The number of hydrogen-bond acceptors (Lipinski definition) is 8. The Balaban J connectivity index is 1.60. The number of nitrogens with one attached hydrogen (secondary N) is 2. The molecule has 5 N–H and O–H groups in total. The van der Waals surface area contributed by atoms with Crippen LogP contribution < -0.4 is 20.8 Å². The SMILES string of the molecule is COC(=O)[C@@H](C(=O)[C@@H](N)Cc1c[nH]c2ccccc12)N(C(=O)c1cc(=O)c2cccc(O)c2[nH]1)c1ccc(OC)cc1. The maximum Gasteiger partial charge on any atom is 0.336 e. The monoisotopic (exact) mass is 568 g/mol. The normalized spacial score (nSPS) is 12.5. The molecular weight excluding hydrogens is 540 g/mol. The zero-order valence-electron chi connectivity index (χ0n) is 22.8. The van der Waals surface area contributed by atoms with Crippen LogP contribution in [0.15, 0.2) is 83.8 Å². The maximum absolute atomic E-state index is 14.1. The van der Waals surface area contributed by atoms with Gasteiger partial charge in [0.2, 0.25) is 0 Å². The average Bonchev–Trinajstić information content (AvgIpc) is 3.42. The van der Waals surface area contributed by atoms with Crippen molar-refractivity contribution >= 4 is 45.2 Å². The number of carbonyl (C=O) groups is 3. The van der Waals surface area contributed by atoms with Crippen molar-refractivity contribution in [1.82, 2.24) is 9.97 Å². The molecule has 5 rings (SSSR count). The third-order valence-corrected chi connectivity index (χ3v) is 7.08. The highest BCUT2D eigenvalue weighted by Gasteiger charge is 2.41. The van der Waals surface area contributed by atoms with Gasteiger partial charge in [0.1, 0.15) is 17.2 Å². The number of amides is 1. The number of phenols is 1. The quantitative estimate of drug-likeness (QED) is 0.155. The zero-order valence-corrected chi connectivity index (χ0v) is 22.8. The molecule has 0 radical (unpaired) electrons. The van der Waals surface area contributed by atoms with Crippen molar-refractivity contribution in [3.05, 3.63) is 100 Å². The third-order valence-electron chi connectivity index (χ3n) is 7.08. The molecule has 5 aromatic rings. The first-order chi connectivity index (χ1) is 20.2. The van der Waals surface area contributed by atoms with Gasteiger partial charge in [-0.1, -0.05) is 24.3 Å². The summed E-state index contributed by atoms with van der Waals surface area (Å²) in [5.41, 5.74) is 7.36. The number of Topliss-reactive ketones (excluding diaryl/α,β-unsaturated/α-hetero) is 1. The minimum atomic E-state index is -1.81. The molecule has 2 heterocycles. The number of pyridine rings is 1. The second-order valence-corrected chi connectivity index (χ2v) is 9.62. The van der Waals surface area contributed by atoms with E-state index in [0.717, 1.165) is 34.5 Å². The largest absolute Gasteiger partial charge is 0.506 e. The number of aromatic nitrogens is 2. The number of fused-ring (bicyclic) bond motifs is 2. The molecule has 3 aromatic carbocycles. The van der Waals surface area contributed by atoms with Crippen LogP contribution in [0.25, 0.3) is 21.8 Å². The second-order valence-electron chi connectivity index (χ2n) is 9.62. The Hall–Kier alpha value is -5.42. The van der Waals surface area contributed by atoms with Gasteiger partial charge in [-0.05, 0) is 54.4 Å². The highest BCUT2D eigenvalue weighted by molar-refractivity contribution is 6.18. The molecule has 0 bridgehead atoms. The Labute approximate surface area is 239 Å². The van der Waals surface area contributed by atoms with Gasteiger partial charge in [-0.3, -0.25) is 19.3 Å². The number of esters is 1. The van der Waals surface area contributed by atoms with Gasteiger partial charge < -0.3 is 30.3 Å². The summed E-state index contributed by atoms with van der Waals surface area (Å²) in [5, 5.41) is 11.4. The standard InChI is InChI=1S/C31H28N4O7/c1-41-19-12-10-18(11-13-19)35(30(39)24-15-26(37)21-7-5-9-25(36)27(21)34-24)28(31(40)42-2)29(38)22(32)14-17-16-33-23-8-4-3-6-20(17)23/h3-13,15-16,22,28,33,36H,14,32H2,1-2H3,(H,34,37)/t22-,28+/m0/s1. The van der Waals surface area contributed by atoms with Crippen molar-refractivity contribution in [2.45, 2.75) is 18.5 Å². The number of H-pyrrole nitrogens is 2. The molecule has 0 aliphatic carbocycles. The highest BCUT2D eigenvalue weighted by Crippen LogP contribution is 2.27. The number of hydrogen-bond donors (Lipinski definition) is 4. The van der Waals surface area contributed by atoms with Gasteiger partial charge in [0, 0.05) is 34.2 Å². The van der Waals surface area contributed by atoms with Crippen LogP contribution in [0.1, 0.15) is 16.1 Å². The van der Waals surface area contributed by atoms with Gasteiger partial charge in [0.15, 0.2) is 17.3 Å². The molecule has 214 valence electrons. The van der Waals surface area contributed by atoms with Crippen molar-refractivity contribution in [1.29, 1.82) is 0 Å². The molecule has 11 heteroatoms. The minimum absolute atomic E-state index is 0.0278. The first kappa shape index (κ1) is 28.1. The number of phenolic OH excluding ortho intramolecular Hbond substituents is 1. The van der Waals surface area contributed by atoms with E-state index in [9.17, 15) is 24.3 Å². The van der Waals surface area contributed by atoms with Crippen LogP contribution in [0, 0.1) is 0 Å². The fourth-order valence-electron chi connectivity index (χ4n) is 4.93. The van der Waals surface area contributed by atoms with Gasteiger partial charge in [-0.15, -0.1) is 0 Å². The molecule has 0 aliphatic heterocycles. The van der Waals surface area contributed by atoms with E-state index in [1.807, 2.05) is 24.3 Å². The average molecular weight is 569 g/mol. The van der Waals surface area contributed by atoms with E-state index in [4.69, 9.17) is 15.2 Å². The first-order valence-electron chi connectivity index (χ1n) is 13.0. The van der Waals surface area contributed by atoms with E-state index >= 15 is 0 Å². The smallest absolute Gasteiger partial charge is 0.336 e. The Bertz CT molecular complexity index is 1860. The third kappa shape index (κ3) is 5.20. The van der Waals surface area contributed by atoms with Crippen LogP contribution in [0.5, 0.6) is 11.5 Å². The Morgan fingerprint density at radius 3 is 2.40 bits per heavy atom. The van der Waals surface area contributed by atoms with E-state index < -0.39 is 35.2 Å². The number of nitrogens with zero attached hydrogens (tertiary/aromatic N) is 1. The van der Waals surface area contributed by atoms with Crippen molar-refractivity contribution in [2.75, 3.05) is 19.1 Å². The van der Waals surface area contributed by atoms with E-state index in [0.29, 0.717) is 5.75 Å². The van der Waals surface area contributed by atoms with Crippen LogP contribution in [0.2, 0.25) is 0 Å². The van der Waals surface area contributed by atoms with Crippen LogP contribution in [0.3, 0.4) is 0 Å². The first-order valence-corrected chi connectivity index (χ1v) is 13.0. The van der Waals surface area contributed by atoms with Crippen LogP contribution >= 0.6 is 0 Å². The molecule has 0 aliphatic rings. The molecule has 0 saturated carbocycles. The molecule has 0 spiro atoms. The van der Waals surface area contributed by atoms with Gasteiger partial charge >= 0.3 is 5.97 Å². The number of aromatic amines is 2. The number of methoxy groups -OCH3 is 2. The summed E-state index contributed by atoms with van der Waals surface area (Å²) in [6.07, 6.45) is 1.81.